The molecule has 3 aromatic rings. The molecule has 0 unspecified atom stereocenters. The second-order valence-electron chi connectivity index (χ2n) is 27.0. The molecule has 33 nitrogen and oxygen atoms in total. The van der Waals surface area contributed by atoms with Crippen LogP contribution in [0.2, 0.25) is 0 Å². The number of guanidine groups is 1. The zero-order valence-corrected chi connectivity index (χ0v) is 62.5. The predicted octanol–water partition coefficient (Wildman–Crippen LogP) is -0.509. The highest BCUT2D eigenvalue weighted by Crippen LogP contribution is 2.27. The highest BCUT2D eigenvalue weighted by molar-refractivity contribution is 7.98. The summed E-state index contributed by atoms with van der Waals surface area (Å²) in [5.41, 5.74) is 23.5. The highest BCUT2D eigenvalue weighted by atomic mass is 32.2. The monoisotopic (exact) mass is 1510 g/mol. The number of nitrogens with two attached hydrogens (primary N) is 4. The molecular formula is C73H107N15O18S. The van der Waals surface area contributed by atoms with Crippen molar-refractivity contribution in [2.45, 2.75) is 205 Å². The van der Waals surface area contributed by atoms with Crippen molar-refractivity contribution in [1.82, 2.24) is 51.7 Å². The molecule has 2 aliphatic rings. The van der Waals surface area contributed by atoms with E-state index < -0.39 is 168 Å². The van der Waals surface area contributed by atoms with E-state index in [1.807, 2.05) is 36.6 Å². The number of ketones is 4. The van der Waals surface area contributed by atoms with Crippen molar-refractivity contribution in [3.63, 3.8) is 0 Å². The number of hydrogen-bond acceptors (Lipinski definition) is 20. The summed E-state index contributed by atoms with van der Waals surface area (Å²) in [5, 5.41) is 46.3. The molecule has 13 atom stereocenters. The van der Waals surface area contributed by atoms with Crippen molar-refractivity contribution in [3.8, 4) is 0 Å². The van der Waals surface area contributed by atoms with E-state index in [2.05, 4.69) is 46.9 Å². The zero-order valence-electron chi connectivity index (χ0n) is 61.7. The number of Topliss-reactive ketones (excluding diaryl/α,β-unsaturated/α-hetero) is 4. The summed E-state index contributed by atoms with van der Waals surface area (Å²) in [6.07, 6.45) is 4.17. The van der Waals surface area contributed by atoms with Gasteiger partial charge in [0.1, 0.15) is 24.2 Å². The van der Waals surface area contributed by atoms with E-state index in [4.69, 9.17) is 28.0 Å². The number of thioether (sulfide) groups is 1. The van der Waals surface area contributed by atoms with Crippen LogP contribution in [0.1, 0.15) is 148 Å². The number of H-pyrrole nitrogens is 1. The van der Waals surface area contributed by atoms with Gasteiger partial charge >= 0.3 is 5.97 Å². The number of aliphatic hydroxyl groups excluding tert-OH is 2. The van der Waals surface area contributed by atoms with Gasteiger partial charge in [-0.2, -0.15) is 11.8 Å². The molecule has 0 aliphatic carbocycles. The fraction of sp³-hybridized carbons (Fsp3) is 0.575. The maximum Gasteiger partial charge on any atom is 0.303 e. The van der Waals surface area contributed by atoms with Gasteiger partial charge in [0.15, 0.2) is 29.1 Å². The summed E-state index contributed by atoms with van der Waals surface area (Å²) >= 11 is 1.46. The molecule has 2 aliphatic heterocycles. The highest BCUT2D eigenvalue weighted by Gasteiger charge is 2.44. The average Bonchev–Trinajstić information content (AvgIpc) is 1.74. The standard InChI is InChI=1S/C48H69N9O12S.C25H38N6O6/c1-5-40(61)36(23-32-25-50-27-51-32)54-45(66)38-13-9-18-56(38)47(68)33(28(2)59)24-42(63)35(21-30-11-7-6-8-12-30)53-46(67)39-14-10-19-57(39)48(69)37(26-58)55-44(65)31(15-16-43(49)64)22-41(62)34(17-20-70-4)52-29(3)60;1-15(13-17-7-4-3-5-8-17)23(36)30-16(2)20(32)14-18(10-11-21(33)34)24(37)31-19(22(26)35)9-6-12-29-25(27)28/h6-8,11-12,25,27-28,31,33-39,58-59H,5,9-10,13-24,26H2,1-4H3,(H2,49,64)(H,50,51)(H,52,60)(H,53,67)(H,54,66)(H,55,65);3-5,7-8,15-16,18-19H,6,9-14H2,1-2H3,(H2,26,35)(H,30,36)(H,31,37)(H,33,34)(H4,27,28,29)/t28-,31-,33+,34+,35+,36+,37+,38+,39+;15-,16-,18+,19-/m10/s1. The molecule has 588 valence electrons. The van der Waals surface area contributed by atoms with Crippen molar-refractivity contribution in [2.24, 2.45) is 51.6 Å². The van der Waals surface area contributed by atoms with Crippen LogP contribution in [0.15, 0.2) is 78.2 Å². The molecule has 0 saturated carbocycles. The molecule has 2 saturated heterocycles. The quantitative estimate of drug-likeness (QED) is 0.0192. The maximum absolute atomic E-state index is 14.4. The summed E-state index contributed by atoms with van der Waals surface area (Å²) in [6, 6.07) is 9.52. The van der Waals surface area contributed by atoms with Crippen LogP contribution in [-0.4, -0.2) is 222 Å². The maximum atomic E-state index is 14.4. The number of aliphatic imine (C=N–C) groups is 1. The van der Waals surface area contributed by atoms with E-state index in [-0.39, 0.29) is 120 Å². The molecule has 2 fully saturated rings. The summed E-state index contributed by atoms with van der Waals surface area (Å²) in [7, 11) is 0. The van der Waals surface area contributed by atoms with Crippen LogP contribution < -0.4 is 54.8 Å². The number of rotatable bonds is 46. The van der Waals surface area contributed by atoms with Gasteiger partial charge < -0.3 is 84.9 Å². The summed E-state index contributed by atoms with van der Waals surface area (Å²) in [4.78, 5) is 209. The van der Waals surface area contributed by atoms with Gasteiger partial charge in [-0.25, -0.2) is 4.98 Å². The fourth-order valence-electron chi connectivity index (χ4n) is 12.5. The van der Waals surface area contributed by atoms with Crippen molar-refractivity contribution >= 4 is 106 Å². The Labute approximate surface area is 626 Å². The molecule has 1 aromatic heterocycles. The smallest absolute Gasteiger partial charge is 0.303 e. The Morgan fingerprint density at radius 3 is 1.64 bits per heavy atom. The van der Waals surface area contributed by atoms with Gasteiger partial charge in [0.2, 0.25) is 59.1 Å². The number of carbonyl (C=O) groups excluding carboxylic acids is 14. The van der Waals surface area contributed by atoms with Crippen molar-refractivity contribution in [3.05, 3.63) is 90.0 Å². The number of likely N-dealkylation sites (tertiary alicyclic amines) is 2. The second-order valence-corrected chi connectivity index (χ2v) is 28.0. The average molecular weight is 1510 g/mol. The lowest BCUT2D eigenvalue weighted by Gasteiger charge is -2.31. The number of carboxylic acid groups (broad SMARTS) is 1. The number of aliphatic carboxylic acids is 1. The van der Waals surface area contributed by atoms with Crippen LogP contribution >= 0.6 is 11.8 Å². The van der Waals surface area contributed by atoms with Crippen LogP contribution in [0.25, 0.3) is 0 Å². The van der Waals surface area contributed by atoms with E-state index in [9.17, 15) is 82.1 Å². The Bertz CT molecular complexity index is 3530. The minimum atomic E-state index is -1.57. The largest absolute Gasteiger partial charge is 0.481 e. The van der Waals surface area contributed by atoms with Crippen LogP contribution in [0, 0.1) is 23.7 Å². The number of carbonyl (C=O) groups is 15. The molecule has 34 heteroatoms. The summed E-state index contributed by atoms with van der Waals surface area (Å²) in [5.74, 6) is -12.8. The number of benzene rings is 2. The fourth-order valence-corrected chi connectivity index (χ4v) is 13.0. The van der Waals surface area contributed by atoms with Crippen LogP contribution in [-0.2, 0) is 91.2 Å². The van der Waals surface area contributed by atoms with E-state index in [1.165, 1.54) is 48.7 Å². The first-order valence-corrected chi connectivity index (χ1v) is 37.4. The van der Waals surface area contributed by atoms with Crippen molar-refractivity contribution < 1.29 is 87.2 Å². The van der Waals surface area contributed by atoms with Gasteiger partial charge in [0.25, 0.3) is 0 Å². The molecule has 5 rings (SSSR count). The first kappa shape index (κ1) is 89.4. The molecular weight excluding hydrogens is 1410 g/mol. The number of amides is 10. The van der Waals surface area contributed by atoms with Gasteiger partial charge in [-0.05, 0) is 108 Å². The minimum Gasteiger partial charge on any atom is -0.481 e. The number of imidazole rings is 1. The first-order chi connectivity index (χ1) is 50.8. The van der Waals surface area contributed by atoms with Crippen LogP contribution in [0.5, 0.6) is 0 Å². The van der Waals surface area contributed by atoms with Gasteiger partial charge in [-0.3, -0.25) is 76.9 Å². The SMILES string of the molecule is CCC(=O)[C@H](Cc1cnc[nH]1)NC(=O)[C@@H]1CCCN1C(=O)[C@@H](CC(=O)[C@H](Cc1ccccc1)NC(=O)[C@@H]1CCCN1C(=O)[C@H](CO)NC(=O)[C@H](CCC(N)=O)CC(=O)[C@H](CCSC)NC(C)=O)[C@@H](C)O.C[C@H](NC(=O)[C@@H](C)Cc1ccccc1)C(=O)C[C@@H](CCC(=O)O)C(=O)N[C@@H](CCCN=C(N)N)C(N)=O. The lowest BCUT2D eigenvalue weighted by Crippen LogP contribution is -2.57. The van der Waals surface area contributed by atoms with E-state index in [0.717, 1.165) is 5.56 Å². The van der Waals surface area contributed by atoms with Crippen LogP contribution in [0.4, 0.5) is 0 Å². The number of aromatic amines is 1. The summed E-state index contributed by atoms with van der Waals surface area (Å²) in [6.45, 7) is 7.11. The lowest BCUT2D eigenvalue weighted by atomic mass is 9.90. The molecule has 107 heavy (non-hydrogen) atoms. The Kier molecular flexibility index (Phi) is 38.6. The molecule has 0 bridgehead atoms. The normalized spacial score (nSPS) is 17.0. The molecule has 3 heterocycles. The van der Waals surface area contributed by atoms with Crippen molar-refractivity contribution in [1.29, 1.82) is 0 Å². The molecule has 2 aromatic carbocycles. The third-order valence-corrected chi connectivity index (χ3v) is 19.2. The molecule has 0 radical (unpaired) electrons. The van der Waals surface area contributed by atoms with Gasteiger partial charge in [0, 0.05) is 101 Å². The zero-order chi connectivity index (χ0) is 79.4. The topological polar surface area (TPSA) is 541 Å². The number of aliphatic hydroxyl groups is 2. The number of nitrogens with zero attached hydrogens (tertiary/aromatic N) is 4. The molecule has 10 amide bonds. The number of hydrogen-bond donors (Lipinski definition) is 14. The van der Waals surface area contributed by atoms with Gasteiger partial charge in [-0.15, -0.1) is 0 Å². The van der Waals surface area contributed by atoms with E-state index >= 15 is 0 Å². The first-order valence-electron chi connectivity index (χ1n) is 36.0. The van der Waals surface area contributed by atoms with E-state index in [1.54, 1.807) is 50.4 Å². The van der Waals surface area contributed by atoms with Gasteiger partial charge in [0.05, 0.1) is 49.1 Å². The Morgan fingerprint density at radius 2 is 1.15 bits per heavy atom. The number of nitrogens with one attached hydrogen (secondary N) is 7. The summed E-state index contributed by atoms with van der Waals surface area (Å²) < 4.78 is 0. The third-order valence-electron chi connectivity index (χ3n) is 18.6. The van der Waals surface area contributed by atoms with Crippen molar-refractivity contribution in [2.75, 3.05) is 38.2 Å². The third kappa shape index (κ3) is 30.8. The lowest BCUT2D eigenvalue weighted by molar-refractivity contribution is -0.147. The molecule has 0 spiro atoms. The Hall–Kier alpha value is -9.96. The Balaban J connectivity index is 0.000000550. The predicted molar refractivity (Wildman–Crippen MR) is 395 cm³/mol. The van der Waals surface area contributed by atoms with E-state index in [0.29, 0.717) is 42.7 Å². The number of aromatic nitrogens is 2. The second kappa shape index (κ2) is 46.2. The number of primary amides is 2. The van der Waals surface area contributed by atoms with Crippen LogP contribution in [0.3, 0.4) is 0 Å². The Morgan fingerprint density at radius 1 is 0.617 bits per heavy atom. The van der Waals surface area contributed by atoms with Gasteiger partial charge in [-0.1, -0.05) is 74.5 Å². The molecule has 18 N–H and O–H groups in total. The number of carboxylic acids is 1. The minimum absolute atomic E-state index is 0.0223.